The fraction of sp³-hybridized carbons (Fsp3) is 0.584. The zero-order valence-corrected chi connectivity index (χ0v) is 76.0. The molecule has 6 aromatic rings. The molecule has 0 atom stereocenters. The van der Waals surface area contributed by atoms with Crippen LogP contribution in [0.3, 0.4) is 0 Å². The monoisotopic (exact) mass is 1710 g/mol. The minimum atomic E-state index is -0.337. The van der Waals surface area contributed by atoms with Gasteiger partial charge < -0.3 is 89.2 Å². The number of esters is 1. The van der Waals surface area contributed by atoms with E-state index < -0.39 is 0 Å². The molecule has 0 aromatic heterocycles. The number of carbonyl (C=O) groups is 6. The molecule has 23 heteroatoms. The number of rotatable bonds is 33. The summed E-state index contributed by atoms with van der Waals surface area (Å²) in [6.07, 6.45) is 24.7. The molecule has 0 aliphatic carbocycles. The van der Waals surface area contributed by atoms with Crippen LogP contribution in [-0.4, -0.2) is 230 Å². The summed E-state index contributed by atoms with van der Waals surface area (Å²) in [5, 5.41) is 9.18. The Kier molecular flexibility index (Phi) is 43.0. The van der Waals surface area contributed by atoms with Crippen molar-refractivity contribution in [1.29, 1.82) is 0 Å². The molecule has 23 nitrogen and oxygen atoms in total. The van der Waals surface area contributed by atoms with Crippen molar-refractivity contribution < 1.29 is 38.2 Å². The highest BCUT2D eigenvalue weighted by Crippen LogP contribution is 2.41. The first-order valence-corrected chi connectivity index (χ1v) is 46.4. The minimum Gasteiger partial charge on any atom is -0.469 e. The molecular formula is C101H155N15O8. The summed E-state index contributed by atoms with van der Waals surface area (Å²) in [6.45, 7) is 19.7. The summed E-state index contributed by atoms with van der Waals surface area (Å²) in [7, 11) is 5.09. The summed E-state index contributed by atoms with van der Waals surface area (Å²) in [5.74, 6) is -0.227. The number of amides is 8. The summed E-state index contributed by atoms with van der Waals surface area (Å²) in [4.78, 5) is 84.6. The maximum Gasteiger partial charge on any atom is 0.317 e. The van der Waals surface area contributed by atoms with Gasteiger partial charge in [0, 0.05) is 98.1 Å². The number of carbonyl (C=O) groups excluding carboxylic acids is 6. The maximum atomic E-state index is 12.7. The second-order valence-electron chi connectivity index (χ2n) is 36.9. The van der Waals surface area contributed by atoms with E-state index in [0.29, 0.717) is 64.3 Å². The fourth-order valence-corrected chi connectivity index (χ4v) is 18.5. The van der Waals surface area contributed by atoms with Gasteiger partial charge in [-0.15, -0.1) is 0 Å². The quantitative estimate of drug-likeness (QED) is 0.0137. The number of benzene rings is 6. The van der Waals surface area contributed by atoms with Crippen LogP contribution in [0.25, 0.3) is 0 Å². The van der Waals surface area contributed by atoms with E-state index in [4.69, 9.17) is 39.1 Å². The number of methoxy groups -OCH3 is 2. The molecule has 12 rings (SSSR count). The molecule has 0 unspecified atom stereocenters. The highest BCUT2D eigenvalue weighted by molar-refractivity contribution is 5.81. The fourth-order valence-electron chi connectivity index (χ4n) is 18.5. The van der Waals surface area contributed by atoms with E-state index in [1.807, 2.05) is 68.7 Å². The number of hydrogen-bond acceptors (Lipinski definition) is 15. The molecule has 6 saturated heterocycles. The van der Waals surface area contributed by atoms with E-state index in [-0.39, 0.29) is 88.4 Å². The van der Waals surface area contributed by atoms with Crippen molar-refractivity contribution in [1.82, 2.24) is 45.3 Å². The van der Waals surface area contributed by atoms with Gasteiger partial charge >= 0.3 is 24.1 Å². The molecule has 0 saturated carbocycles. The average Bonchev–Trinajstić information content (AvgIpc) is 0.846. The normalized spacial score (nSPS) is 18.0. The number of nitrogens with one attached hydrogen (secondary N) is 3. The predicted molar refractivity (Wildman–Crippen MR) is 502 cm³/mol. The lowest BCUT2D eigenvalue weighted by molar-refractivity contribution is -0.144. The molecule has 0 spiro atoms. The molecule has 6 aliphatic heterocycles. The largest absolute Gasteiger partial charge is 0.469 e. The number of piperidine rings is 6. The van der Waals surface area contributed by atoms with E-state index in [9.17, 15) is 28.8 Å². The van der Waals surface area contributed by atoms with Gasteiger partial charge in [0.15, 0.2) is 0 Å². The van der Waals surface area contributed by atoms with E-state index in [1.165, 1.54) is 66.4 Å². The molecule has 0 radical (unpaired) electrons. The van der Waals surface area contributed by atoms with Crippen LogP contribution < -0.4 is 50.4 Å². The molecule has 8 amide bonds. The summed E-state index contributed by atoms with van der Waals surface area (Å²) in [5.41, 5.74) is 45.7. The highest BCUT2D eigenvalue weighted by atomic mass is 16.5. The average molecular weight is 1710 g/mol. The molecule has 682 valence electrons. The standard InChI is InChI=1S/C36H56N6O2.C18H26N2O3.C17H27N3O.C16H24N2O2.C14H22N2/c37-29-35(17-15-31-11-5-3-6-12-31)19-25-41(26-20-35)33(43)39-23-9-1-2-10-24-40-34(44)42-27-21-36(30-38,22-28-42)18-16-32-13-7-4-8-14-32;1-23-17(22)8-7-16(21)20-11-9-18(14-19,10-12-20)13-15-5-3-2-4-6-15;1-14(2)19-16(21)20-10-8-17(13-18,9-11-20)12-15-6-4-3-5-7-15;1-20-12-15(19)18-9-7-16(13-17,8-10-18)11-14-5-3-2-4-6-14;1-16-9-7-14(12-15,8-10-16)11-13-5-3-2-4-6-13/h3-8,11-14H,1-2,9-10,15-30,37-38H2,(H,39,43)(H,40,44);2-6H,7-14,19H2,1H3;3-7,14H,8-13,18H2,1-2H3,(H,19,21);2-6H,7-13,17H2,1H3;2-6H,7-12,15H2,1H3. The lowest BCUT2D eigenvalue weighted by Crippen LogP contribution is -2.51. The molecule has 6 fully saturated rings. The van der Waals surface area contributed by atoms with E-state index >= 15 is 0 Å². The third kappa shape index (κ3) is 33.5. The van der Waals surface area contributed by atoms with Crippen LogP contribution in [-0.2, 0) is 62.4 Å². The van der Waals surface area contributed by atoms with Gasteiger partial charge in [0.1, 0.15) is 6.61 Å². The van der Waals surface area contributed by atoms with Gasteiger partial charge in [-0.3, -0.25) is 14.4 Å². The van der Waals surface area contributed by atoms with Crippen molar-refractivity contribution >= 4 is 35.9 Å². The zero-order chi connectivity index (χ0) is 89.0. The van der Waals surface area contributed by atoms with E-state index in [2.05, 4.69) is 184 Å². The zero-order valence-electron chi connectivity index (χ0n) is 76.0. The van der Waals surface area contributed by atoms with Gasteiger partial charge in [-0.05, 0) is 280 Å². The second kappa shape index (κ2) is 53.0. The number of nitrogens with two attached hydrogens (primary N) is 6. The Morgan fingerprint density at radius 2 is 0.605 bits per heavy atom. The van der Waals surface area contributed by atoms with Crippen molar-refractivity contribution in [2.75, 3.05) is 159 Å². The van der Waals surface area contributed by atoms with Crippen molar-refractivity contribution in [3.63, 3.8) is 0 Å². The van der Waals surface area contributed by atoms with Gasteiger partial charge in [-0.1, -0.05) is 195 Å². The number of unbranched alkanes of at least 4 members (excludes halogenated alkanes) is 3. The SMILES string of the molecule is CC(C)NC(=O)N1CCC(CN)(Cc2ccccc2)CC1.CN1CCC(CN)(Cc2ccccc2)CC1.COC(=O)CCC(=O)N1CCC(CN)(Cc2ccccc2)CC1.COCC(=O)N1CCC(CN)(Cc2ccccc2)CC1.NCC1(CCc2ccccc2)CCN(C(=O)NCCCCCCNC(=O)N2CCC(CN)(CCc3ccccc3)CC2)CC1. The Balaban J connectivity index is 0.000000203. The van der Waals surface area contributed by atoms with Crippen LogP contribution in [0.2, 0.25) is 0 Å². The van der Waals surface area contributed by atoms with Gasteiger partial charge in [-0.2, -0.15) is 0 Å². The summed E-state index contributed by atoms with van der Waals surface area (Å²) in [6, 6.07) is 63.6. The summed E-state index contributed by atoms with van der Waals surface area (Å²) < 4.78 is 9.49. The number of ether oxygens (including phenoxy) is 2. The van der Waals surface area contributed by atoms with Gasteiger partial charge in [0.25, 0.3) is 0 Å². The number of likely N-dealkylation sites (tertiary alicyclic amines) is 6. The van der Waals surface area contributed by atoms with Crippen molar-refractivity contribution in [3.05, 3.63) is 215 Å². The van der Waals surface area contributed by atoms with Crippen LogP contribution in [0.1, 0.15) is 176 Å². The number of aryl methyl sites for hydroxylation is 2. The van der Waals surface area contributed by atoms with Crippen molar-refractivity contribution in [2.24, 2.45) is 66.9 Å². The summed E-state index contributed by atoms with van der Waals surface area (Å²) >= 11 is 0. The van der Waals surface area contributed by atoms with E-state index in [1.54, 1.807) is 7.11 Å². The molecular weight excluding hydrogens is 1550 g/mol. The Labute approximate surface area is 743 Å². The second-order valence-corrected chi connectivity index (χ2v) is 36.9. The van der Waals surface area contributed by atoms with Crippen LogP contribution in [0.5, 0.6) is 0 Å². The van der Waals surface area contributed by atoms with Crippen molar-refractivity contribution in [3.8, 4) is 0 Å². The number of urea groups is 3. The maximum absolute atomic E-state index is 12.7. The van der Waals surface area contributed by atoms with Crippen LogP contribution in [0, 0.1) is 32.5 Å². The van der Waals surface area contributed by atoms with Crippen LogP contribution in [0.4, 0.5) is 14.4 Å². The molecule has 6 aliphatic rings. The minimum absolute atomic E-state index is 0.0285. The number of hydrogen-bond donors (Lipinski definition) is 9. The van der Waals surface area contributed by atoms with Crippen LogP contribution >= 0.6 is 0 Å². The third-order valence-electron chi connectivity index (χ3n) is 27.7. The van der Waals surface area contributed by atoms with Gasteiger partial charge in [0.2, 0.25) is 11.8 Å². The first kappa shape index (κ1) is 101. The first-order valence-electron chi connectivity index (χ1n) is 46.4. The molecule has 0 bridgehead atoms. The van der Waals surface area contributed by atoms with Gasteiger partial charge in [0.05, 0.1) is 13.5 Å². The lowest BCUT2D eigenvalue weighted by atomic mass is 9.74. The smallest absolute Gasteiger partial charge is 0.317 e. The van der Waals surface area contributed by atoms with Crippen molar-refractivity contribution in [2.45, 2.75) is 187 Å². The predicted octanol–water partition coefficient (Wildman–Crippen LogP) is 12.8. The topological polar surface area (TPSA) is 333 Å². The van der Waals surface area contributed by atoms with Crippen LogP contribution in [0.15, 0.2) is 182 Å². The van der Waals surface area contributed by atoms with E-state index in [0.717, 1.165) is 200 Å². The van der Waals surface area contributed by atoms with Gasteiger partial charge in [-0.25, -0.2) is 14.4 Å². The Morgan fingerprint density at radius 1 is 0.339 bits per heavy atom. The first-order chi connectivity index (χ1) is 60.0. The lowest BCUT2D eigenvalue weighted by Gasteiger charge is -2.41. The third-order valence-corrected chi connectivity index (χ3v) is 27.7. The Bertz CT molecular complexity index is 3880. The molecule has 15 N–H and O–H groups in total. The Hall–Kier alpha value is -8.78. The Morgan fingerprint density at radius 3 is 0.887 bits per heavy atom. The molecule has 124 heavy (non-hydrogen) atoms. The number of nitrogens with zero attached hydrogens (tertiary/aromatic N) is 6. The molecule has 6 aromatic carbocycles. The highest BCUT2D eigenvalue weighted by Gasteiger charge is 2.41. The molecule has 6 heterocycles.